The van der Waals surface area contributed by atoms with Gasteiger partial charge >= 0.3 is 5.97 Å². The lowest BCUT2D eigenvalue weighted by Gasteiger charge is -2.62. The fraction of sp³-hybridized carbons (Fsp3) is 0.941. The van der Waals surface area contributed by atoms with Crippen molar-refractivity contribution in [3.63, 3.8) is 0 Å². The van der Waals surface area contributed by atoms with E-state index in [0.29, 0.717) is 17.8 Å². The van der Waals surface area contributed by atoms with Crippen LogP contribution >= 0.6 is 23.5 Å². The minimum atomic E-state index is -2.97. The first kappa shape index (κ1) is 17.4. The highest BCUT2D eigenvalue weighted by molar-refractivity contribution is 8.21. The standard InChI is InChI=1S/C17H24F2O3S2/c1-15(18,19)9-22-14(21)16-4-10-2-11(5-16)17(12(3-10)6-16)23-8-13(7-20)24-17/h10-13,20H,2-9H2,1H3. The SMILES string of the molecule is CC(F)(F)COC(=O)C12CC3CC(C1)C1(SCC(CO)S1)C(C3)C2. The quantitative estimate of drug-likeness (QED) is 0.758. The Morgan fingerprint density at radius 2 is 1.96 bits per heavy atom. The van der Waals surface area contributed by atoms with Crippen LogP contribution in [0.1, 0.15) is 39.0 Å². The number of esters is 1. The van der Waals surface area contributed by atoms with E-state index in [1.54, 1.807) is 0 Å². The summed E-state index contributed by atoms with van der Waals surface area (Å²) in [7, 11) is 0. The van der Waals surface area contributed by atoms with E-state index < -0.39 is 23.9 Å². The summed E-state index contributed by atoms with van der Waals surface area (Å²) in [6.45, 7) is 0.186. The van der Waals surface area contributed by atoms with E-state index in [0.717, 1.165) is 44.8 Å². The minimum absolute atomic E-state index is 0.128. The van der Waals surface area contributed by atoms with Gasteiger partial charge < -0.3 is 9.84 Å². The Morgan fingerprint density at radius 3 is 2.50 bits per heavy atom. The number of hydrogen-bond donors (Lipinski definition) is 1. The van der Waals surface area contributed by atoms with Crippen LogP contribution in [0.5, 0.6) is 0 Å². The van der Waals surface area contributed by atoms with Gasteiger partial charge in [0.15, 0.2) is 6.61 Å². The molecule has 5 fully saturated rings. The Hall–Kier alpha value is -0.0100. The Morgan fingerprint density at radius 1 is 1.29 bits per heavy atom. The number of carbonyl (C=O) groups is 1. The first-order valence-electron chi connectivity index (χ1n) is 8.74. The van der Waals surface area contributed by atoms with E-state index in [2.05, 4.69) is 0 Å². The number of carbonyl (C=O) groups excluding carboxylic acids is 1. The summed E-state index contributed by atoms with van der Waals surface area (Å²) in [5.41, 5.74) is -0.536. The molecule has 1 aliphatic heterocycles. The first-order chi connectivity index (χ1) is 11.3. The number of rotatable bonds is 4. The number of ether oxygens (including phenoxy) is 1. The molecule has 3 nitrogen and oxygen atoms in total. The van der Waals surface area contributed by atoms with Gasteiger partial charge in [-0.2, -0.15) is 0 Å². The Kier molecular flexibility index (Phi) is 4.17. The molecule has 0 aromatic heterocycles. The van der Waals surface area contributed by atoms with Crippen LogP contribution in [0.2, 0.25) is 0 Å². The summed E-state index contributed by atoms with van der Waals surface area (Å²) < 4.78 is 31.3. The minimum Gasteiger partial charge on any atom is -0.459 e. The van der Waals surface area contributed by atoms with Crippen molar-refractivity contribution in [2.75, 3.05) is 19.0 Å². The summed E-state index contributed by atoms with van der Waals surface area (Å²) in [5.74, 6) is -1.000. The molecule has 0 aromatic rings. The van der Waals surface area contributed by atoms with Gasteiger partial charge in [0.05, 0.1) is 16.1 Å². The van der Waals surface area contributed by atoms with Crippen molar-refractivity contribution >= 4 is 29.5 Å². The van der Waals surface area contributed by atoms with Gasteiger partial charge in [0, 0.05) is 17.9 Å². The van der Waals surface area contributed by atoms with E-state index in [9.17, 15) is 18.7 Å². The highest BCUT2D eigenvalue weighted by atomic mass is 32.2. The Bertz CT molecular complexity index is 520. The number of alkyl halides is 2. The average Bonchev–Trinajstić information content (AvgIpc) is 2.94. The highest BCUT2D eigenvalue weighted by Gasteiger charge is 2.67. The molecule has 5 aliphatic rings. The molecule has 136 valence electrons. The summed E-state index contributed by atoms with van der Waals surface area (Å²) in [5, 5.41) is 9.80. The lowest BCUT2D eigenvalue weighted by atomic mass is 9.49. The van der Waals surface area contributed by atoms with Crippen LogP contribution in [0.15, 0.2) is 0 Å². The normalized spacial score (nSPS) is 46.7. The number of aliphatic hydroxyl groups is 1. The maximum Gasteiger partial charge on any atom is 0.312 e. The second-order valence-corrected chi connectivity index (χ2v) is 11.4. The van der Waals surface area contributed by atoms with Crippen LogP contribution in [0.25, 0.3) is 0 Å². The molecule has 0 aromatic carbocycles. The van der Waals surface area contributed by atoms with E-state index in [-0.39, 0.29) is 15.9 Å². The molecule has 7 heteroatoms. The zero-order valence-electron chi connectivity index (χ0n) is 13.8. The van der Waals surface area contributed by atoms with Crippen LogP contribution < -0.4 is 0 Å². The maximum absolute atomic E-state index is 13.1. The second-order valence-electron chi connectivity index (χ2n) is 8.23. The maximum atomic E-state index is 13.1. The molecule has 3 atom stereocenters. The molecule has 1 spiro atoms. The fourth-order valence-corrected chi connectivity index (χ4v) is 9.67. The van der Waals surface area contributed by atoms with Crippen molar-refractivity contribution in [3.8, 4) is 0 Å². The van der Waals surface area contributed by atoms with Gasteiger partial charge in [-0.3, -0.25) is 4.79 Å². The zero-order valence-corrected chi connectivity index (χ0v) is 15.4. The lowest BCUT2D eigenvalue weighted by Crippen LogP contribution is -2.60. The van der Waals surface area contributed by atoms with Gasteiger partial charge in [-0.05, 0) is 49.9 Å². The van der Waals surface area contributed by atoms with Gasteiger partial charge in [-0.1, -0.05) is 0 Å². The van der Waals surface area contributed by atoms with Crippen molar-refractivity contribution < 1.29 is 23.4 Å². The predicted molar refractivity (Wildman–Crippen MR) is 91.2 cm³/mol. The Balaban J connectivity index is 1.53. The third-order valence-corrected chi connectivity index (χ3v) is 10.5. The first-order valence-corrected chi connectivity index (χ1v) is 10.6. The van der Waals surface area contributed by atoms with E-state index in [1.165, 1.54) is 0 Å². The van der Waals surface area contributed by atoms with Crippen LogP contribution in [0, 0.1) is 23.2 Å². The molecule has 0 radical (unpaired) electrons. The number of halogens is 2. The van der Waals surface area contributed by atoms with Gasteiger partial charge in [0.25, 0.3) is 5.92 Å². The van der Waals surface area contributed by atoms with Gasteiger partial charge in [-0.25, -0.2) is 8.78 Å². The molecule has 1 N–H and O–H groups in total. The smallest absolute Gasteiger partial charge is 0.312 e. The molecule has 5 rings (SSSR count). The van der Waals surface area contributed by atoms with Gasteiger partial charge in [0.1, 0.15) is 0 Å². The molecular formula is C17H24F2O3S2. The van der Waals surface area contributed by atoms with Crippen LogP contribution in [0.3, 0.4) is 0 Å². The van der Waals surface area contributed by atoms with Crippen LogP contribution in [-0.2, 0) is 9.53 Å². The summed E-state index contributed by atoms with van der Waals surface area (Å²) in [4.78, 5) is 12.7. The number of thioether (sulfide) groups is 2. The molecule has 4 aliphatic carbocycles. The third kappa shape index (κ3) is 2.69. The van der Waals surface area contributed by atoms with Crippen molar-refractivity contribution in [1.29, 1.82) is 0 Å². The zero-order chi connectivity index (χ0) is 17.2. The van der Waals surface area contributed by atoms with Crippen molar-refractivity contribution in [2.24, 2.45) is 23.2 Å². The summed E-state index contributed by atoms with van der Waals surface area (Å²) in [6.07, 6.45) is 4.61. The van der Waals surface area contributed by atoms with Crippen molar-refractivity contribution in [3.05, 3.63) is 0 Å². The van der Waals surface area contributed by atoms with Crippen molar-refractivity contribution in [2.45, 2.75) is 54.3 Å². The summed E-state index contributed by atoms with van der Waals surface area (Å²) >= 11 is 3.89. The molecular weight excluding hydrogens is 354 g/mol. The second kappa shape index (κ2) is 5.74. The van der Waals surface area contributed by atoms with Crippen LogP contribution in [-0.4, -0.2) is 45.3 Å². The fourth-order valence-electron chi connectivity index (χ4n) is 5.59. The molecule has 1 heterocycles. The van der Waals surface area contributed by atoms with Crippen LogP contribution in [0.4, 0.5) is 8.78 Å². The van der Waals surface area contributed by atoms with Gasteiger partial charge in [0.2, 0.25) is 0 Å². The molecule has 3 unspecified atom stereocenters. The third-order valence-electron chi connectivity index (χ3n) is 6.27. The molecule has 24 heavy (non-hydrogen) atoms. The van der Waals surface area contributed by atoms with E-state index in [4.69, 9.17) is 4.74 Å². The largest absolute Gasteiger partial charge is 0.459 e. The van der Waals surface area contributed by atoms with E-state index >= 15 is 0 Å². The van der Waals surface area contributed by atoms with Gasteiger partial charge in [-0.15, -0.1) is 23.5 Å². The predicted octanol–water partition coefficient (Wildman–Crippen LogP) is 3.55. The summed E-state index contributed by atoms with van der Waals surface area (Å²) in [6, 6.07) is 0. The molecule has 4 bridgehead atoms. The molecule has 1 saturated heterocycles. The molecule has 0 amide bonds. The highest BCUT2D eigenvalue weighted by Crippen LogP contribution is 2.72. The number of hydrogen-bond acceptors (Lipinski definition) is 5. The van der Waals surface area contributed by atoms with Crippen molar-refractivity contribution in [1.82, 2.24) is 0 Å². The Labute approximate surface area is 149 Å². The molecule has 4 saturated carbocycles. The topological polar surface area (TPSA) is 46.5 Å². The van der Waals surface area contributed by atoms with E-state index in [1.807, 2.05) is 23.5 Å². The monoisotopic (exact) mass is 378 g/mol. The number of aliphatic hydroxyl groups excluding tert-OH is 1. The average molecular weight is 379 g/mol. The lowest BCUT2D eigenvalue weighted by molar-refractivity contribution is -0.180.